The second kappa shape index (κ2) is 8.59. The Balaban J connectivity index is 0.00000264. The summed E-state index contributed by atoms with van der Waals surface area (Å²) in [6.45, 7) is 4.06. The van der Waals surface area contributed by atoms with Gasteiger partial charge in [0.2, 0.25) is 11.8 Å². The lowest BCUT2D eigenvalue weighted by molar-refractivity contribution is -0.123. The SMILES string of the molecule is CCOc1cc2c(cc1NC(=O)CNC(=O)CN)OC(C)C2.Cl. The zero-order valence-electron chi connectivity index (χ0n) is 13.2. The molecule has 0 radical (unpaired) electrons. The van der Waals surface area contributed by atoms with Crippen molar-refractivity contribution in [2.24, 2.45) is 5.73 Å². The van der Waals surface area contributed by atoms with Crippen molar-refractivity contribution < 1.29 is 19.1 Å². The Hall–Kier alpha value is -1.99. The summed E-state index contributed by atoms with van der Waals surface area (Å²) in [5.74, 6) is 0.606. The van der Waals surface area contributed by atoms with Crippen molar-refractivity contribution in [3.8, 4) is 11.5 Å². The number of ether oxygens (including phenoxy) is 2. The number of nitrogens with two attached hydrogens (primary N) is 1. The lowest BCUT2D eigenvalue weighted by Crippen LogP contribution is -2.36. The number of hydrogen-bond acceptors (Lipinski definition) is 5. The van der Waals surface area contributed by atoms with E-state index in [0.29, 0.717) is 18.0 Å². The summed E-state index contributed by atoms with van der Waals surface area (Å²) in [6.07, 6.45) is 0.926. The molecule has 0 fully saturated rings. The molecule has 0 saturated heterocycles. The molecule has 1 aromatic rings. The van der Waals surface area contributed by atoms with Crippen molar-refractivity contribution in [2.45, 2.75) is 26.4 Å². The van der Waals surface area contributed by atoms with Crippen molar-refractivity contribution in [1.29, 1.82) is 0 Å². The maximum atomic E-state index is 11.9. The Bertz CT molecular complexity index is 580. The number of carbonyl (C=O) groups excluding carboxylic acids is 2. The molecule has 0 aromatic heterocycles. The topological polar surface area (TPSA) is 103 Å². The third-order valence-corrected chi connectivity index (χ3v) is 3.20. The van der Waals surface area contributed by atoms with Crippen LogP contribution in [0.2, 0.25) is 0 Å². The van der Waals surface area contributed by atoms with E-state index in [0.717, 1.165) is 17.7 Å². The van der Waals surface area contributed by atoms with Gasteiger partial charge in [-0.05, 0) is 19.9 Å². The predicted octanol–water partition coefficient (Wildman–Crippen LogP) is 0.844. The summed E-state index contributed by atoms with van der Waals surface area (Å²) >= 11 is 0. The molecule has 1 aromatic carbocycles. The Labute approximate surface area is 141 Å². The van der Waals surface area contributed by atoms with Crippen LogP contribution >= 0.6 is 12.4 Å². The Morgan fingerprint density at radius 3 is 2.78 bits per heavy atom. The molecule has 8 heteroatoms. The van der Waals surface area contributed by atoms with Crippen molar-refractivity contribution in [3.05, 3.63) is 17.7 Å². The number of rotatable bonds is 6. The minimum absolute atomic E-state index is 0. The Morgan fingerprint density at radius 2 is 2.13 bits per heavy atom. The third kappa shape index (κ3) is 5.01. The molecule has 1 heterocycles. The van der Waals surface area contributed by atoms with Gasteiger partial charge in [0.25, 0.3) is 0 Å². The van der Waals surface area contributed by atoms with Gasteiger partial charge in [0.05, 0.1) is 25.4 Å². The highest BCUT2D eigenvalue weighted by Crippen LogP contribution is 2.37. The highest BCUT2D eigenvalue weighted by atomic mass is 35.5. The third-order valence-electron chi connectivity index (χ3n) is 3.20. The van der Waals surface area contributed by atoms with Gasteiger partial charge in [-0.15, -0.1) is 12.4 Å². The molecule has 0 bridgehead atoms. The van der Waals surface area contributed by atoms with Gasteiger partial charge >= 0.3 is 0 Å². The fraction of sp³-hybridized carbons (Fsp3) is 0.467. The fourth-order valence-electron chi connectivity index (χ4n) is 2.26. The summed E-state index contributed by atoms with van der Waals surface area (Å²) in [6, 6.07) is 3.64. The highest BCUT2D eigenvalue weighted by molar-refractivity contribution is 5.96. The molecule has 0 saturated carbocycles. The van der Waals surface area contributed by atoms with E-state index in [4.69, 9.17) is 15.2 Å². The number of halogens is 1. The summed E-state index contributed by atoms with van der Waals surface area (Å²) in [5, 5.41) is 5.14. The molecule has 0 spiro atoms. The van der Waals surface area contributed by atoms with Crippen LogP contribution in [0.5, 0.6) is 11.5 Å². The van der Waals surface area contributed by atoms with E-state index in [-0.39, 0.29) is 43.4 Å². The molecule has 0 aliphatic carbocycles. The first-order chi connectivity index (χ1) is 10.5. The maximum Gasteiger partial charge on any atom is 0.243 e. The van der Waals surface area contributed by atoms with Crippen LogP contribution in [0.3, 0.4) is 0 Å². The lowest BCUT2D eigenvalue weighted by Gasteiger charge is -2.13. The van der Waals surface area contributed by atoms with Gasteiger partial charge in [-0.2, -0.15) is 0 Å². The van der Waals surface area contributed by atoms with Gasteiger partial charge in [0.1, 0.15) is 17.6 Å². The molecular weight excluding hydrogens is 322 g/mol. The Kier molecular flexibility index (Phi) is 7.12. The smallest absolute Gasteiger partial charge is 0.243 e. The molecule has 1 atom stereocenters. The predicted molar refractivity (Wildman–Crippen MR) is 89.3 cm³/mol. The normalized spacial score (nSPS) is 15.0. The van der Waals surface area contributed by atoms with Gasteiger partial charge in [-0.1, -0.05) is 0 Å². The van der Waals surface area contributed by atoms with Crippen LogP contribution in [0, 0.1) is 0 Å². The minimum Gasteiger partial charge on any atom is -0.492 e. The van der Waals surface area contributed by atoms with Crippen LogP contribution in [-0.2, 0) is 16.0 Å². The number of fused-ring (bicyclic) bond motifs is 1. The van der Waals surface area contributed by atoms with Crippen LogP contribution in [0.15, 0.2) is 12.1 Å². The van der Waals surface area contributed by atoms with Crippen LogP contribution in [0.1, 0.15) is 19.4 Å². The van der Waals surface area contributed by atoms with Crippen molar-refractivity contribution in [1.82, 2.24) is 5.32 Å². The van der Waals surface area contributed by atoms with E-state index >= 15 is 0 Å². The number of nitrogens with one attached hydrogen (secondary N) is 2. The van der Waals surface area contributed by atoms with E-state index in [2.05, 4.69) is 10.6 Å². The van der Waals surface area contributed by atoms with E-state index in [1.165, 1.54) is 0 Å². The second-order valence-corrected chi connectivity index (χ2v) is 5.05. The average Bonchev–Trinajstić information content (AvgIpc) is 2.84. The van der Waals surface area contributed by atoms with Crippen LogP contribution < -0.4 is 25.8 Å². The van der Waals surface area contributed by atoms with E-state index < -0.39 is 0 Å². The molecule has 4 N–H and O–H groups in total. The summed E-state index contributed by atoms with van der Waals surface area (Å²) in [4.78, 5) is 23.0. The largest absolute Gasteiger partial charge is 0.492 e. The van der Waals surface area contributed by atoms with Gasteiger partial charge in [0, 0.05) is 18.1 Å². The van der Waals surface area contributed by atoms with Gasteiger partial charge in [-0.3, -0.25) is 9.59 Å². The average molecular weight is 344 g/mol. The fourth-order valence-corrected chi connectivity index (χ4v) is 2.26. The zero-order valence-corrected chi connectivity index (χ0v) is 14.0. The number of amides is 2. The lowest BCUT2D eigenvalue weighted by atomic mass is 10.1. The number of anilines is 1. The Morgan fingerprint density at radius 1 is 1.39 bits per heavy atom. The van der Waals surface area contributed by atoms with E-state index in [1.807, 2.05) is 19.9 Å². The monoisotopic (exact) mass is 343 g/mol. The second-order valence-electron chi connectivity index (χ2n) is 5.05. The maximum absolute atomic E-state index is 11.9. The number of benzene rings is 1. The standard InChI is InChI=1S/C15H21N3O4.ClH/c1-3-21-13-5-10-4-9(2)22-12(10)6-11(13)18-15(20)8-17-14(19)7-16;/h5-6,9H,3-4,7-8,16H2,1-2H3,(H,17,19)(H,18,20);1H. The van der Waals surface area contributed by atoms with Crippen LogP contribution in [0.4, 0.5) is 5.69 Å². The molecule has 128 valence electrons. The molecule has 1 aliphatic heterocycles. The summed E-state index contributed by atoms with van der Waals surface area (Å²) < 4.78 is 11.3. The first-order valence-corrected chi connectivity index (χ1v) is 7.26. The van der Waals surface area contributed by atoms with Crippen LogP contribution in [-0.4, -0.2) is 37.6 Å². The van der Waals surface area contributed by atoms with Crippen LogP contribution in [0.25, 0.3) is 0 Å². The van der Waals surface area contributed by atoms with Gasteiger partial charge < -0.3 is 25.8 Å². The summed E-state index contributed by atoms with van der Waals surface area (Å²) in [5.41, 5.74) is 6.76. The molecule has 23 heavy (non-hydrogen) atoms. The quantitative estimate of drug-likeness (QED) is 0.710. The van der Waals surface area contributed by atoms with Gasteiger partial charge in [0.15, 0.2) is 0 Å². The number of hydrogen-bond donors (Lipinski definition) is 3. The minimum atomic E-state index is -0.383. The number of carbonyl (C=O) groups is 2. The first kappa shape index (κ1) is 19.1. The van der Waals surface area contributed by atoms with Gasteiger partial charge in [-0.25, -0.2) is 0 Å². The molecule has 7 nitrogen and oxygen atoms in total. The van der Waals surface area contributed by atoms with Crippen molar-refractivity contribution in [2.75, 3.05) is 25.0 Å². The highest BCUT2D eigenvalue weighted by Gasteiger charge is 2.22. The summed E-state index contributed by atoms with van der Waals surface area (Å²) in [7, 11) is 0. The van der Waals surface area contributed by atoms with Crippen molar-refractivity contribution in [3.63, 3.8) is 0 Å². The van der Waals surface area contributed by atoms with E-state index in [1.54, 1.807) is 6.07 Å². The van der Waals surface area contributed by atoms with E-state index in [9.17, 15) is 9.59 Å². The molecule has 2 rings (SSSR count). The molecule has 2 amide bonds. The first-order valence-electron chi connectivity index (χ1n) is 7.26. The van der Waals surface area contributed by atoms with Crippen molar-refractivity contribution >= 4 is 29.9 Å². The molecule has 1 unspecified atom stereocenters. The zero-order chi connectivity index (χ0) is 16.1. The molecule has 1 aliphatic rings. The molecular formula is C15H22ClN3O4.